The minimum Gasteiger partial charge on any atom is -0.497 e. The second kappa shape index (κ2) is 10.4. The van der Waals surface area contributed by atoms with Gasteiger partial charge in [0.1, 0.15) is 5.75 Å². The molecule has 10 heteroatoms. The first-order chi connectivity index (χ1) is 16.7. The minimum absolute atomic E-state index is 0.0863. The van der Waals surface area contributed by atoms with Crippen molar-refractivity contribution in [3.8, 4) is 17.2 Å². The van der Waals surface area contributed by atoms with E-state index in [1.165, 1.54) is 4.31 Å². The summed E-state index contributed by atoms with van der Waals surface area (Å²) in [6.07, 6.45) is 0.540. The van der Waals surface area contributed by atoms with Crippen molar-refractivity contribution in [2.45, 2.75) is 25.3 Å². The standard InChI is InChI=1S/C25H32N2O7S/c1-4-13-35(30,31)26(2)11-12-27-15-20(18-7-10-21-22(14-18)34-16-33-21)23(25(28)29)24(27)17-5-8-19(32-3)9-6-17/h5-10,14,20,23-24H,4,11-13,15-16H2,1-3H3,(H,28,29). The monoisotopic (exact) mass is 504 g/mol. The molecule has 2 aliphatic rings. The third kappa shape index (κ3) is 5.24. The fourth-order valence-corrected chi connectivity index (χ4v) is 6.15. The Morgan fingerprint density at radius 2 is 1.83 bits per heavy atom. The Bertz CT molecular complexity index is 1150. The van der Waals surface area contributed by atoms with Crippen molar-refractivity contribution >= 4 is 16.0 Å². The van der Waals surface area contributed by atoms with Crippen LogP contribution in [0.5, 0.6) is 17.2 Å². The van der Waals surface area contributed by atoms with E-state index >= 15 is 0 Å². The number of ether oxygens (including phenoxy) is 3. The van der Waals surface area contributed by atoms with Crippen LogP contribution in [0.15, 0.2) is 42.5 Å². The average Bonchev–Trinajstić information content (AvgIpc) is 3.46. The van der Waals surface area contributed by atoms with Crippen molar-refractivity contribution in [2.24, 2.45) is 5.92 Å². The molecule has 0 bridgehead atoms. The fourth-order valence-electron chi connectivity index (χ4n) is 4.96. The van der Waals surface area contributed by atoms with Gasteiger partial charge in [-0.05, 0) is 41.8 Å². The molecule has 0 radical (unpaired) electrons. The highest BCUT2D eigenvalue weighted by Crippen LogP contribution is 2.47. The lowest BCUT2D eigenvalue weighted by Gasteiger charge is -2.29. The number of methoxy groups -OCH3 is 1. The van der Waals surface area contributed by atoms with Crippen LogP contribution in [0.2, 0.25) is 0 Å². The van der Waals surface area contributed by atoms with Crippen LogP contribution >= 0.6 is 0 Å². The second-order valence-electron chi connectivity index (χ2n) is 8.93. The molecule has 2 aromatic rings. The van der Waals surface area contributed by atoms with E-state index in [0.717, 1.165) is 11.1 Å². The van der Waals surface area contributed by atoms with Crippen molar-refractivity contribution in [1.82, 2.24) is 9.21 Å². The number of aliphatic carboxylic acids is 1. The van der Waals surface area contributed by atoms with Gasteiger partial charge < -0.3 is 19.3 Å². The van der Waals surface area contributed by atoms with Gasteiger partial charge in [0.05, 0.1) is 18.8 Å². The lowest BCUT2D eigenvalue weighted by molar-refractivity contribution is -0.143. The maximum Gasteiger partial charge on any atom is 0.309 e. The van der Waals surface area contributed by atoms with Crippen molar-refractivity contribution in [3.63, 3.8) is 0 Å². The third-order valence-electron chi connectivity index (χ3n) is 6.80. The molecular formula is C25H32N2O7S. The number of carboxylic acid groups (broad SMARTS) is 1. The molecule has 1 saturated heterocycles. The number of hydrogen-bond donors (Lipinski definition) is 1. The van der Waals surface area contributed by atoms with Gasteiger partial charge in [-0.15, -0.1) is 0 Å². The predicted molar refractivity (Wildman–Crippen MR) is 130 cm³/mol. The SMILES string of the molecule is CCCS(=O)(=O)N(C)CCN1CC(c2ccc3c(c2)OCO3)C(C(=O)O)C1c1ccc(OC)cc1. The first kappa shape index (κ1) is 25.3. The molecule has 3 unspecified atom stereocenters. The molecule has 0 spiro atoms. The van der Waals surface area contributed by atoms with Crippen LogP contribution in [0, 0.1) is 5.92 Å². The van der Waals surface area contributed by atoms with E-state index < -0.39 is 28.0 Å². The molecule has 35 heavy (non-hydrogen) atoms. The molecule has 190 valence electrons. The van der Waals surface area contributed by atoms with Crippen LogP contribution in [0.4, 0.5) is 0 Å². The molecule has 9 nitrogen and oxygen atoms in total. The zero-order chi connectivity index (χ0) is 25.2. The number of likely N-dealkylation sites (N-methyl/N-ethyl adjacent to an activating group) is 1. The van der Waals surface area contributed by atoms with Crippen LogP contribution < -0.4 is 14.2 Å². The minimum atomic E-state index is -3.35. The van der Waals surface area contributed by atoms with E-state index in [1.54, 1.807) is 14.2 Å². The summed E-state index contributed by atoms with van der Waals surface area (Å²) in [5, 5.41) is 10.4. The summed E-state index contributed by atoms with van der Waals surface area (Å²) in [5.41, 5.74) is 1.70. The molecule has 0 saturated carbocycles. The number of sulfonamides is 1. The Morgan fingerprint density at radius 1 is 1.14 bits per heavy atom. The summed E-state index contributed by atoms with van der Waals surface area (Å²) >= 11 is 0. The zero-order valence-corrected chi connectivity index (χ0v) is 21.0. The highest BCUT2D eigenvalue weighted by atomic mass is 32.2. The summed E-state index contributed by atoms with van der Waals surface area (Å²) in [5.74, 6) is 0.0726. The zero-order valence-electron chi connectivity index (χ0n) is 20.2. The number of hydrogen-bond acceptors (Lipinski definition) is 7. The molecule has 2 aromatic carbocycles. The van der Waals surface area contributed by atoms with E-state index in [2.05, 4.69) is 4.90 Å². The summed E-state index contributed by atoms with van der Waals surface area (Å²) in [6.45, 7) is 3.12. The van der Waals surface area contributed by atoms with Gasteiger partial charge in [0, 0.05) is 38.6 Å². The van der Waals surface area contributed by atoms with Gasteiger partial charge >= 0.3 is 5.97 Å². The van der Waals surface area contributed by atoms with Gasteiger partial charge in [-0.3, -0.25) is 9.69 Å². The van der Waals surface area contributed by atoms with Crippen molar-refractivity contribution in [1.29, 1.82) is 0 Å². The molecule has 3 atom stereocenters. The number of carboxylic acids is 1. The highest BCUT2D eigenvalue weighted by Gasteiger charge is 2.47. The molecular weight excluding hydrogens is 472 g/mol. The van der Waals surface area contributed by atoms with E-state index in [0.29, 0.717) is 36.8 Å². The average molecular weight is 505 g/mol. The van der Waals surface area contributed by atoms with Gasteiger partial charge in [-0.1, -0.05) is 25.1 Å². The smallest absolute Gasteiger partial charge is 0.309 e. The second-order valence-corrected chi connectivity index (χ2v) is 11.1. The Balaban J connectivity index is 1.67. The van der Waals surface area contributed by atoms with Gasteiger partial charge in [0.15, 0.2) is 11.5 Å². The number of likely N-dealkylation sites (tertiary alicyclic amines) is 1. The largest absolute Gasteiger partial charge is 0.497 e. The normalized spacial score (nSPS) is 22.0. The Hall–Kier alpha value is -2.82. The summed E-state index contributed by atoms with van der Waals surface area (Å²) < 4.78 is 42.6. The van der Waals surface area contributed by atoms with E-state index in [-0.39, 0.29) is 25.0 Å². The van der Waals surface area contributed by atoms with Gasteiger partial charge in [-0.2, -0.15) is 0 Å². The van der Waals surface area contributed by atoms with Crippen molar-refractivity contribution in [3.05, 3.63) is 53.6 Å². The predicted octanol–water partition coefficient (Wildman–Crippen LogP) is 2.94. The molecule has 0 amide bonds. The quantitative estimate of drug-likeness (QED) is 0.527. The molecule has 2 aliphatic heterocycles. The molecule has 0 aliphatic carbocycles. The topological polar surface area (TPSA) is 106 Å². The first-order valence-corrected chi connectivity index (χ1v) is 13.3. The Kier molecular flexibility index (Phi) is 7.53. The Morgan fingerprint density at radius 3 is 2.49 bits per heavy atom. The van der Waals surface area contributed by atoms with E-state index in [9.17, 15) is 18.3 Å². The van der Waals surface area contributed by atoms with Crippen LogP contribution in [-0.2, 0) is 14.8 Å². The summed E-state index contributed by atoms with van der Waals surface area (Å²) in [7, 11) is -0.193. The van der Waals surface area contributed by atoms with Crippen molar-refractivity contribution in [2.75, 3.05) is 46.3 Å². The molecule has 1 N–H and O–H groups in total. The molecule has 1 fully saturated rings. The van der Waals surface area contributed by atoms with Crippen LogP contribution in [0.1, 0.15) is 36.4 Å². The third-order valence-corrected chi connectivity index (χ3v) is 8.86. The lowest BCUT2D eigenvalue weighted by atomic mass is 9.82. The molecule has 2 heterocycles. The van der Waals surface area contributed by atoms with Crippen LogP contribution in [0.3, 0.4) is 0 Å². The number of carbonyl (C=O) groups is 1. The maximum atomic E-state index is 12.6. The van der Waals surface area contributed by atoms with Gasteiger partial charge in [0.25, 0.3) is 0 Å². The summed E-state index contributed by atoms with van der Waals surface area (Å²) in [6, 6.07) is 12.5. The molecule has 4 rings (SSSR count). The number of nitrogens with zero attached hydrogens (tertiary/aromatic N) is 2. The number of rotatable bonds is 10. The van der Waals surface area contributed by atoms with Crippen LogP contribution in [-0.4, -0.2) is 75.0 Å². The van der Waals surface area contributed by atoms with E-state index in [1.807, 2.05) is 49.4 Å². The first-order valence-electron chi connectivity index (χ1n) is 11.7. The number of benzene rings is 2. The maximum absolute atomic E-state index is 12.6. The lowest BCUT2D eigenvalue weighted by Crippen LogP contribution is -2.38. The number of fused-ring (bicyclic) bond motifs is 1. The van der Waals surface area contributed by atoms with E-state index in [4.69, 9.17) is 14.2 Å². The van der Waals surface area contributed by atoms with Gasteiger partial charge in [-0.25, -0.2) is 12.7 Å². The Labute approximate surface area is 206 Å². The summed E-state index contributed by atoms with van der Waals surface area (Å²) in [4.78, 5) is 14.7. The van der Waals surface area contributed by atoms with Crippen molar-refractivity contribution < 1.29 is 32.5 Å². The van der Waals surface area contributed by atoms with Gasteiger partial charge in [0.2, 0.25) is 16.8 Å². The highest BCUT2D eigenvalue weighted by molar-refractivity contribution is 7.89. The fraction of sp³-hybridized carbons (Fsp3) is 0.480. The molecule has 0 aromatic heterocycles. The van der Waals surface area contributed by atoms with Crippen LogP contribution in [0.25, 0.3) is 0 Å².